The van der Waals surface area contributed by atoms with E-state index in [1.807, 2.05) is 6.07 Å². The summed E-state index contributed by atoms with van der Waals surface area (Å²) in [5, 5.41) is 16.4. The van der Waals surface area contributed by atoms with Crippen molar-refractivity contribution < 1.29 is 5.11 Å². The summed E-state index contributed by atoms with van der Waals surface area (Å²) in [5.74, 6) is 1.14. The van der Waals surface area contributed by atoms with Gasteiger partial charge in [0.25, 0.3) is 0 Å². The highest BCUT2D eigenvalue weighted by molar-refractivity contribution is 5.80. The monoisotopic (exact) mass is 216 g/mol. The number of aromatic amines is 1. The number of nitrogens with zero attached hydrogens (tertiary/aromatic N) is 2. The third kappa shape index (κ3) is 2.03. The number of benzene rings is 1. The predicted octanol–water partition coefficient (Wildman–Crippen LogP) is 1.79. The molecule has 5 nitrogen and oxygen atoms in total. The Labute approximate surface area is 92.6 Å². The van der Waals surface area contributed by atoms with Crippen molar-refractivity contribution in [2.24, 2.45) is 10.7 Å². The minimum atomic E-state index is 0.200. The first-order valence-corrected chi connectivity index (χ1v) is 4.81. The van der Waals surface area contributed by atoms with Gasteiger partial charge in [-0.3, -0.25) is 5.10 Å². The summed E-state index contributed by atoms with van der Waals surface area (Å²) in [5.41, 5.74) is 6.84. The molecular weight excluding hydrogens is 204 g/mol. The average Bonchev–Trinajstić information content (AvgIpc) is 2.66. The Bertz CT molecular complexity index is 526. The number of hydrogen-bond acceptors (Lipinski definition) is 3. The normalized spacial score (nSPS) is 11.7. The number of aliphatic imine (C=N–C) groups is 1. The Morgan fingerprint density at radius 2 is 2.19 bits per heavy atom. The molecule has 1 aromatic heterocycles. The van der Waals surface area contributed by atoms with E-state index in [-0.39, 0.29) is 5.75 Å². The van der Waals surface area contributed by atoms with Crippen LogP contribution in [0.3, 0.4) is 0 Å². The maximum absolute atomic E-state index is 9.65. The quantitative estimate of drug-likeness (QED) is 0.528. The SMILES string of the molecule is CC(N)=Nc1cc(-c2ccccc2O)[nH]n1. The molecule has 82 valence electrons. The molecule has 1 heterocycles. The number of nitrogens with two attached hydrogens (primary N) is 1. The summed E-state index contributed by atoms with van der Waals surface area (Å²) in [6.45, 7) is 1.69. The van der Waals surface area contributed by atoms with Crippen LogP contribution >= 0.6 is 0 Å². The molecule has 0 aliphatic rings. The summed E-state index contributed by atoms with van der Waals surface area (Å²) >= 11 is 0. The van der Waals surface area contributed by atoms with Crippen molar-refractivity contribution >= 4 is 11.7 Å². The zero-order valence-electron chi connectivity index (χ0n) is 8.81. The number of hydrogen-bond donors (Lipinski definition) is 3. The van der Waals surface area contributed by atoms with Crippen molar-refractivity contribution in [3.63, 3.8) is 0 Å². The highest BCUT2D eigenvalue weighted by Crippen LogP contribution is 2.28. The van der Waals surface area contributed by atoms with Gasteiger partial charge >= 0.3 is 0 Å². The first kappa shape index (κ1) is 10.2. The summed E-state index contributed by atoms with van der Waals surface area (Å²) in [7, 11) is 0. The van der Waals surface area contributed by atoms with Crippen LogP contribution in [0.1, 0.15) is 6.92 Å². The summed E-state index contributed by atoms with van der Waals surface area (Å²) in [6, 6.07) is 8.75. The van der Waals surface area contributed by atoms with Gasteiger partial charge in [0.1, 0.15) is 5.75 Å². The molecule has 0 fully saturated rings. The van der Waals surface area contributed by atoms with Gasteiger partial charge in [-0.1, -0.05) is 12.1 Å². The molecule has 1 aromatic carbocycles. The van der Waals surface area contributed by atoms with E-state index in [0.717, 1.165) is 0 Å². The van der Waals surface area contributed by atoms with Crippen LogP contribution in [0.4, 0.5) is 5.82 Å². The fourth-order valence-corrected chi connectivity index (χ4v) is 1.39. The number of phenols is 1. The van der Waals surface area contributed by atoms with E-state index in [4.69, 9.17) is 5.73 Å². The minimum absolute atomic E-state index is 0.200. The van der Waals surface area contributed by atoms with Crippen LogP contribution in [0.2, 0.25) is 0 Å². The Kier molecular flexibility index (Phi) is 2.59. The summed E-state index contributed by atoms with van der Waals surface area (Å²) in [4.78, 5) is 4.01. The van der Waals surface area contributed by atoms with E-state index >= 15 is 0 Å². The second-order valence-electron chi connectivity index (χ2n) is 3.41. The van der Waals surface area contributed by atoms with Gasteiger partial charge in [0, 0.05) is 11.6 Å². The summed E-state index contributed by atoms with van der Waals surface area (Å²) in [6.07, 6.45) is 0. The molecule has 2 aromatic rings. The van der Waals surface area contributed by atoms with E-state index in [0.29, 0.717) is 22.9 Å². The number of H-pyrrole nitrogens is 1. The number of nitrogens with one attached hydrogen (secondary N) is 1. The van der Waals surface area contributed by atoms with Gasteiger partial charge < -0.3 is 10.8 Å². The summed E-state index contributed by atoms with van der Waals surface area (Å²) < 4.78 is 0. The Morgan fingerprint density at radius 1 is 1.44 bits per heavy atom. The Morgan fingerprint density at radius 3 is 2.88 bits per heavy atom. The second kappa shape index (κ2) is 4.06. The molecule has 2 rings (SSSR count). The van der Waals surface area contributed by atoms with Crippen molar-refractivity contribution in [3.05, 3.63) is 30.3 Å². The molecule has 4 N–H and O–H groups in total. The first-order chi connectivity index (χ1) is 7.66. The number of para-hydroxylation sites is 1. The lowest BCUT2D eigenvalue weighted by Crippen LogP contribution is -2.03. The highest BCUT2D eigenvalue weighted by atomic mass is 16.3. The second-order valence-corrected chi connectivity index (χ2v) is 3.41. The molecule has 0 spiro atoms. The molecular formula is C11H12N4O. The fraction of sp³-hybridized carbons (Fsp3) is 0.0909. The van der Waals surface area contributed by atoms with E-state index in [9.17, 15) is 5.11 Å². The molecule has 0 unspecified atom stereocenters. The standard InChI is InChI=1S/C11H12N4O/c1-7(12)13-11-6-9(14-15-11)8-4-2-3-5-10(8)16/h2-6,16H,1H3,(H3,12,13,14,15). The molecule has 0 saturated carbocycles. The van der Waals surface area contributed by atoms with Crippen LogP contribution in [0.25, 0.3) is 11.3 Å². The topological polar surface area (TPSA) is 87.3 Å². The average molecular weight is 216 g/mol. The molecule has 0 bridgehead atoms. The van der Waals surface area contributed by atoms with Gasteiger partial charge in [-0.25, -0.2) is 4.99 Å². The molecule has 0 atom stereocenters. The van der Waals surface area contributed by atoms with Crippen LogP contribution in [0, 0.1) is 0 Å². The third-order valence-electron chi connectivity index (χ3n) is 2.05. The van der Waals surface area contributed by atoms with Crippen molar-refractivity contribution in [1.29, 1.82) is 0 Å². The molecule has 0 saturated heterocycles. The number of rotatable bonds is 2. The minimum Gasteiger partial charge on any atom is -0.507 e. The molecule has 5 heteroatoms. The van der Waals surface area contributed by atoms with E-state index < -0.39 is 0 Å². The zero-order valence-corrected chi connectivity index (χ0v) is 8.81. The van der Waals surface area contributed by atoms with Crippen molar-refractivity contribution in [3.8, 4) is 17.0 Å². The largest absolute Gasteiger partial charge is 0.507 e. The predicted molar refractivity (Wildman–Crippen MR) is 62.6 cm³/mol. The Balaban J connectivity index is 2.39. The van der Waals surface area contributed by atoms with Crippen molar-refractivity contribution in [2.75, 3.05) is 0 Å². The van der Waals surface area contributed by atoms with E-state index in [1.165, 1.54) is 0 Å². The first-order valence-electron chi connectivity index (χ1n) is 4.81. The van der Waals surface area contributed by atoms with E-state index in [1.54, 1.807) is 31.2 Å². The molecule has 0 aliphatic carbocycles. The third-order valence-corrected chi connectivity index (χ3v) is 2.05. The zero-order chi connectivity index (χ0) is 11.5. The van der Waals surface area contributed by atoms with Gasteiger partial charge in [0.15, 0.2) is 5.82 Å². The van der Waals surface area contributed by atoms with Crippen LogP contribution in [0.5, 0.6) is 5.75 Å². The maximum atomic E-state index is 9.65. The molecule has 0 radical (unpaired) electrons. The van der Waals surface area contributed by atoms with Gasteiger partial charge in [0.05, 0.1) is 11.5 Å². The smallest absolute Gasteiger partial charge is 0.175 e. The lowest BCUT2D eigenvalue weighted by molar-refractivity contribution is 0.477. The Hall–Kier alpha value is -2.30. The van der Waals surface area contributed by atoms with Crippen LogP contribution in [-0.2, 0) is 0 Å². The van der Waals surface area contributed by atoms with Gasteiger partial charge in [-0.15, -0.1) is 0 Å². The number of phenolic OH excluding ortho intramolecular Hbond substituents is 1. The maximum Gasteiger partial charge on any atom is 0.175 e. The van der Waals surface area contributed by atoms with Crippen LogP contribution in [-0.4, -0.2) is 21.1 Å². The van der Waals surface area contributed by atoms with Crippen molar-refractivity contribution in [1.82, 2.24) is 10.2 Å². The molecule has 16 heavy (non-hydrogen) atoms. The lowest BCUT2D eigenvalue weighted by Gasteiger charge is -1.99. The number of amidine groups is 1. The highest BCUT2D eigenvalue weighted by Gasteiger charge is 2.06. The van der Waals surface area contributed by atoms with Gasteiger partial charge in [-0.05, 0) is 19.1 Å². The molecule has 0 amide bonds. The van der Waals surface area contributed by atoms with Gasteiger partial charge in [0.2, 0.25) is 0 Å². The van der Waals surface area contributed by atoms with Gasteiger partial charge in [-0.2, -0.15) is 5.10 Å². The lowest BCUT2D eigenvalue weighted by atomic mass is 10.1. The van der Waals surface area contributed by atoms with Crippen LogP contribution < -0.4 is 5.73 Å². The van der Waals surface area contributed by atoms with E-state index in [2.05, 4.69) is 15.2 Å². The van der Waals surface area contributed by atoms with Crippen LogP contribution in [0.15, 0.2) is 35.3 Å². The number of aromatic nitrogens is 2. The molecule has 0 aliphatic heterocycles. The fourth-order valence-electron chi connectivity index (χ4n) is 1.39. The van der Waals surface area contributed by atoms with Crippen molar-refractivity contribution in [2.45, 2.75) is 6.92 Å². The number of aromatic hydroxyl groups is 1.